The molecule has 8 nitrogen and oxygen atoms in total. The van der Waals surface area contributed by atoms with Crippen molar-refractivity contribution in [3.8, 4) is 11.5 Å². The quantitative estimate of drug-likeness (QED) is 0.254. The number of rotatable bonds is 11. The predicted molar refractivity (Wildman–Crippen MR) is 147 cm³/mol. The number of nitrogens with zero attached hydrogens (tertiary/aromatic N) is 2. The number of hydrogen-bond donors (Lipinski definition) is 1. The molecule has 2 heterocycles. The number of benzene rings is 2. The van der Waals surface area contributed by atoms with Gasteiger partial charge in [0.05, 0.1) is 36.5 Å². The fraction of sp³-hybridized carbons (Fsp3) is 0.467. The lowest BCUT2D eigenvalue weighted by atomic mass is 9.94. The summed E-state index contributed by atoms with van der Waals surface area (Å²) in [6.45, 7) is 11.4. The molecule has 0 aromatic heterocycles. The maximum Gasteiger partial charge on any atom is 0.295 e. The van der Waals surface area contributed by atoms with Crippen LogP contribution in [-0.4, -0.2) is 67.3 Å². The SMILES string of the molecule is CCOc1ccc(/C(O)=C2/C(=O)C(=O)N(CC3CCCO3)C2c2ccc(N(CC)CC)cc2)c(OCC)c1. The van der Waals surface area contributed by atoms with Gasteiger partial charge in [-0.05, 0) is 70.4 Å². The number of likely N-dealkylation sites (tertiary alicyclic amines) is 1. The number of carbonyl (C=O) groups is 2. The maximum absolute atomic E-state index is 13.5. The predicted octanol–water partition coefficient (Wildman–Crippen LogP) is 4.93. The Labute approximate surface area is 224 Å². The molecule has 204 valence electrons. The highest BCUT2D eigenvalue weighted by Gasteiger charge is 2.47. The van der Waals surface area contributed by atoms with Crippen LogP contribution in [0.2, 0.25) is 0 Å². The van der Waals surface area contributed by atoms with E-state index in [2.05, 4.69) is 18.7 Å². The molecule has 0 radical (unpaired) electrons. The summed E-state index contributed by atoms with van der Waals surface area (Å²) in [5.74, 6) is -0.632. The zero-order valence-corrected chi connectivity index (χ0v) is 22.7. The molecule has 2 atom stereocenters. The van der Waals surface area contributed by atoms with E-state index in [1.54, 1.807) is 23.1 Å². The van der Waals surface area contributed by atoms with E-state index in [1.165, 1.54) is 0 Å². The van der Waals surface area contributed by atoms with Crippen LogP contribution in [0.15, 0.2) is 48.0 Å². The smallest absolute Gasteiger partial charge is 0.295 e. The molecule has 0 aliphatic carbocycles. The first-order valence-electron chi connectivity index (χ1n) is 13.6. The van der Waals surface area contributed by atoms with E-state index in [9.17, 15) is 14.7 Å². The number of amides is 1. The summed E-state index contributed by atoms with van der Waals surface area (Å²) in [5, 5.41) is 11.6. The first kappa shape index (κ1) is 27.5. The summed E-state index contributed by atoms with van der Waals surface area (Å²) in [6.07, 6.45) is 1.60. The minimum atomic E-state index is -0.744. The van der Waals surface area contributed by atoms with Crippen molar-refractivity contribution >= 4 is 23.1 Å². The molecule has 1 N–H and O–H groups in total. The van der Waals surface area contributed by atoms with Gasteiger partial charge in [0.25, 0.3) is 11.7 Å². The molecule has 4 rings (SSSR count). The zero-order valence-electron chi connectivity index (χ0n) is 22.7. The monoisotopic (exact) mass is 522 g/mol. The van der Waals surface area contributed by atoms with Crippen molar-refractivity contribution in [2.75, 3.05) is 44.4 Å². The Hall–Kier alpha value is -3.52. The van der Waals surface area contributed by atoms with Crippen LogP contribution < -0.4 is 14.4 Å². The summed E-state index contributed by atoms with van der Waals surface area (Å²) >= 11 is 0. The molecule has 2 aliphatic heterocycles. The molecule has 0 saturated carbocycles. The molecule has 1 amide bonds. The van der Waals surface area contributed by atoms with Crippen molar-refractivity contribution < 1.29 is 28.9 Å². The van der Waals surface area contributed by atoms with Gasteiger partial charge in [0.15, 0.2) is 0 Å². The Balaban J connectivity index is 1.82. The summed E-state index contributed by atoms with van der Waals surface area (Å²) in [4.78, 5) is 30.6. The normalized spacial score (nSPS) is 20.7. The zero-order chi connectivity index (χ0) is 27.2. The molecule has 2 unspecified atom stereocenters. The molecule has 2 aromatic carbocycles. The molecule has 2 saturated heterocycles. The first-order chi connectivity index (χ1) is 18.4. The van der Waals surface area contributed by atoms with Gasteiger partial charge in [-0.15, -0.1) is 0 Å². The summed E-state index contributed by atoms with van der Waals surface area (Å²) in [7, 11) is 0. The molecule has 2 aromatic rings. The number of aliphatic hydroxyl groups excluding tert-OH is 1. The molecule has 2 aliphatic rings. The maximum atomic E-state index is 13.5. The Kier molecular flexibility index (Phi) is 8.94. The van der Waals surface area contributed by atoms with Crippen LogP contribution >= 0.6 is 0 Å². The van der Waals surface area contributed by atoms with Crippen molar-refractivity contribution in [2.45, 2.75) is 52.7 Å². The summed E-state index contributed by atoms with van der Waals surface area (Å²) in [5.41, 5.74) is 2.20. The van der Waals surface area contributed by atoms with Gasteiger partial charge in [-0.25, -0.2) is 0 Å². The highest BCUT2D eigenvalue weighted by atomic mass is 16.5. The number of anilines is 1. The molecule has 0 spiro atoms. The van der Waals surface area contributed by atoms with E-state index >= 15 is 0 Å². The van der Waals surface area contributed by atoms with E-state index in [1.807, 2.05) is 38.1 Å². The van der Waals surface area contributed by atoms with E-state index in [0.717, 1.165) is 37.2 Å². The molecular formula is C30H38N2O6. The third-order valence-corrected chi connectivity index (χ3v) is 7.12. The second-order valence-corrected chi connectivity index (χ2v) is 9.37. The van der Waals surface area contributed by atoms with Crippen LogP contribution in [-0.2, 0) is 14.3 Å². The van der Waals surface area contributed by atoms with Crippen molar-refractivity contribution in [1.29, 1.82) is 0 Å². The van der Waals surface area contributed by atoms with Gasteiger partial charge in [0.2, 0.25) is 0 Å². The number of aliphatic hydroxyl groups is 1. The third-order valence-electron chi connectivity index (χ3n) is 7.12. The van der Waals surface area contributed by atoms with Gasteiger partial charge in [-0.3, -0.25) is 9.59 Å². The van der Waals surface area contributed by atoms with Gasteiger partial charge in [-0.1, -0.05) is 12.1 Å². The Morgan fingerprint density at radius 3 is 2.34 bits per heavy atom. The van der Waals surface area contributed by atoms with Crippen molar-refractivity contribution in [1.82, 2.24) is 4.90 Å². The Bertz CT molecular complexity index is 1170. The molecule has 0 bridgehead atoms. The lowest BCUT2D eigenvalue weighted by Gasteiger charge is -2.28. The van der Waals surface area contributed by atoms with Gasteiger partial charge in [-0.2, -0.15) is 0 Å². The second kappa shape index (κ2) is 12.3. The second-order valence-electron chi connectivity index (χ2n) is 9.37. The Morgan fingerprint density at radius 1 is 1.03 bits per heavy atom. The Morgan fingerprint density at radius 2 is 1.74 bits per heavy atom. The minimum absolute atomic E-state index is 0.0497. The van der Waals surface area contributed by atoms with Crippen LogP contribution in [0, 0.1) is 0 Å². The van der Waals surface area contributed by atoms with Crippen LogP contribution in [0.25, 0.3) is 5.76 Å². The molecular weight excluding hydrogens is 484 g/mol. The van der Waals surface area contributed by atoms with Crippen LogP contribution in [0.4, 0.5) is 5.69 Å². The number of ketones is 1. The fourth-order valence-corrected chi connectivity index (χ4v) is 5.25. The number of hydrogen-bond acceptors (Lipinski definition) is 7. The van der Waals surface area contributed by atoms with Crippen molar-refractivity contribution in [2.24, 2.45) is 0 Å². The van der Waals surface area contributed by atoms with E-state index < -0.39 is 17.7 Å². The average molecular weight is 523 g/mol. The van der Waals surface area contributed by atoms with Gasteiger partial charge < -0.3 is 29.1 Å². The van der Waals surface area contributed by atoms with Crippen molar-refractivity contribution in [3.63, 3.8) is 0 Å². The first-order valence-corrected chi connectivity index (χ1v) is 13.6. The molecule has 8 heteroatoms. The highest BCUT2D eigenvalue weighted by Crippen LogP contribution is 2.42. The number of Topliss-reactive ketones (excluding diaryl/α,β-unsaturated/α-hetero) is 1. The largest absolute Gasteiger partial charge is 0.507 e. The van der Waals surface area contributed by atoms with Crippen LogP contribution in [0.1, 0.15) is 57.7 Å². The molecule has 2 fully saturated rings. The lowest BCUT2D eigenvalue weighted by molar-refractivity contribution is -0.140. The number of carbonyl (C=O) groups excluding carboxylic acids is 2. The van der Waals surface area contributed by atoms with E-state index in [-0.39, 0.29) is 24.0 Å². The van der Waals surface area contributed by atoms with E-state index in [0.29, 0.717) is 36.9 Å². The van der Waals surface area contributed by atoms with Crippen LogP contribution in [0.3, 0.4) is 0 Å². The standard InChI is InChI=1S/C30H38N2O6/c1-5-31(6-2)21-13-11-20(12-14-21)27-26(29(34)30(35)32(27)19-23-10-9-17-38-23)28(33)24-16-15-22(36-7-3)18-25(24)37-8-4/h11-16,18,23,27,33H,5-10,17,19H2,1-4H3/b28-26-. The van der Waals surface area contributed by atoms with Gasteiger partial charge >= 0.3 is 0 Å². The minimum Gasteiger partial charge on any atom is -0.507 e. The van der Waals surface area contributed by atoms with Gasteiger partial charge in [0, 0.05) is 38.0 Å². The summed E-state index contributed by atoms with van der Waals surface area (Å²) in [6, 6.07) is 12.2. The highest BCUT2D eigenvalue weighted by molar-refractivity contribution is 6.46. The average Bonchev–Trinajstić information content (AvgIpc) is 3.52. The topological polar surface area (TPSA) is 88.5 Å². The van der Waals surface area contributed by atoms with Crippen LogP contribution in [0.5, 0.6) is 11.5 Å². The number of ether oxygens (including phenoxy) is 3. The van der Waals surface area contributed by atoms with Crippen molar-refractivity contribution in [3.05, 3.63) is 59.2 Å². The molecule has 38 heavy (non-hydrogen) atoms. The third kappa shape index (κ3) is 5.50. The summed E-state index contributed by atoms with van der Waals surface area (Å²) < 4.78 is 17.2. The van der Waals surface area contributed by atoms with E-state index in [4.69, 9.17) is 14.2 Å². The lowest BCUT2D eigenvalue weighted by Crippen LogP contribution is -2.36. The van der Waals surface area contributed by atoms with Gasteiger partial charge in [0.1, 0.15) is 17.3 Å². The fourth-order valence-electron chi connectivity index (χ4n) is 5.25.